The van der Waals surface area contributed by atoms with Gasteiger partial charge in [-0.2, -0.15) is 0 Å². The first-order valence-corrected chi connectivity index (χ1v) is 11.8. The zero-order valence-electron chi connectivity index (χ0n) is 19.4. The minimum Gasteiger partial charge on any atom is -0.350 e. The smallest absolute Gasteiger partial charge is 0.323 e. The van der Waals surface area contributed by atoms with Gasteiger partial charge in [0.1, 0.15) is 0 Å². The van der Waals surface area contributed by atoms with E-state index in [1.54, 1.807) is 30.6 Å². The van der Waals surface area contributed by atoms with Crippen molar-refractivity contribution in [3.8, 4) is 0 Å². The van der Waals surface area contributed by atoms with Crippen molar-refractivity contribution in [1.29, 1.82) is 0 Å². The van der Waals surface area contributed by atoms with Gasteiger partial charge in [-0.15, -0.1) is 0 Å². The first-order chi connectivity index (χ1) is 16.4. The molecule has 9 heteroatoms. The Morgan fingerprint density at radius 2 is 1.71 bits per heavy atom. The molecule has 1 atom stereocenters. The third-order valence-electron chi connectivity index (χ3n) is 6.46. The number of anilines is 1. The Hall–Kier alpha value is -3.46. The number of rotatable bonds is 4. The molecular formula is C25H32N6O3. The summed E-state index contributed by atoms with van der Waals surface area (Å²) < 4.78 is 0. The lowest BCUT2D eigenvalue weighted by atomic mass is 9.91. The number of pyridine rings is 1. The summed E-state index contributed by atoms with van der Waals surface area (Å²) in [6.45, 7) is 2.69. The van der Waals surface area contributed by atoms with Crippen LogP contribution < -0.4 is 16.4 Å². The molecule has 180 valence electrons. The average Bonchev–Trinajstić information content (AvgIpc) is 2.85. The van der Waals surface area contributed by atoms with Gasteiger partial charge < -0.3 is 21.3 Å². The van der Waals surface area contributed by atoms with Crippen LogP contribution in [-0.4, -0.2) is 64.0 Å². The van der Waals surface area contributed by atoms with E-state index >= 15 is 0 Å². The van der Waals surface area contributed by atoms with Crippen molar-refractivity contribution in [2.75, 3.05) is 18.4 Å². The molecule has 4 N–H and O–H groups in total. The summed E-state index contributed by atoms with van der Waals surface area (Å²) in [6, 6.07) is 10.4. The molecule has 0 spiro atoms. The monoisotopic (exact) mass is 464 g/mol. The maximum absolute atomic E-state index is 13.5. The van der Waals surface area contributed by atoms with Crippen LogP contribution in [0.2, 0.25) is 0 Å². The Bertz CT molecular complexity index is 1020. The molecule has 1 saturated carbocycles. The normalized spacial score (nSPS) is 22.7. The maximum atomic E-state index is 13.5. The molecule has 1 aromatic heterocycles. The SMILES string of the molecule is Cc1cccc(NC(=O)N2CCCN(C(=O)c3ccncc3)C2C(=O)NC2CCC(N)CC2)c1. The van der Waals surface area contributed by atoms with Crippen molar-refractivity contribution in [2.45, 2.75) is 57.3 Å². The number of hydrogen-bond acceptors (Lipinski definition) is 5. The van der Waals surface area contributed by atoms with Crippen molar-refractivity contribution in [3.63, 3.8) is 0 Å². The minimum atomic E-state index is -1.05. The van der Waals surface area contributed by atoms with E-state index in [9.17, 15) is 14.4 Å². The molecular weight excluding hydrogens is 432 g/mol. The molecule has 2 heterocycles. The van der Waals surface area contributed by atoms with Crippen LogP contribution in [0.5, 0.6) is 0 Å². The van der Waals surface area contributed by atoms with Gasteiger partial charge in [0, 0.05) is 48.8 Å². The van der Waals surface area contributed by atoms with Crippen molar-refractivity contribution in [1.82, 2.24) is 20.1 Å². The van der Waals surface area contributed by atoms with Gasteiger partial charge in [0.25, 0.3) is 11.8 Å². The Morgan fingerprint density at radius 3 is 2.41 bits per heavy atom. The molecule has 2 aromatic rings. The number of aromatic nitrogens is 1. The third kappa shape index (κ3) is 5.53. The summed E-state index contributed by atoms with van der Waals surface area (Å²) in [5, 5.41) is 5.97. The summed E-state index contributed by atoms with van der Waals surface area (Å²) >= 11 is 0. The predicted molar refractivity (Wildman–Crippen MR) is 129 cm³/mol. The summed E-state index contributed by atoms with van der Waals surface area (Å²) in [5.41, 5.74) is 8.09. The lowest BCUT2D eigenvalue weighted by molar-refractivity contribution is -0.133. The van der Waals surface area contributed by atoms with Gasteiger partial charge in [-0.05, 0) is 68.9 Å². The van der Waals surface area contributed by atoms with Crippen molar-refractivity contribution >= 4 is 23.5 Å². The third-order valence-corrected chi connectivity index (χ3v) is 6.46. The fraction of sp³-hybridized carbons (Fsp3) is 0.440. The van der Waals surface area contributed by atoms with Crippen LogP contribution in [-0.2, 0) is 4.79 Å². The molecule has 1 aliphatic heterocycles. The first kappa shape index (κ1) is 23.7. The molecule has 4 rings (SSSR count). The second-order valence-corrected chi connectivity index (χ2v) is 9.07. The van der Waals surface area contributed by atoms with E-state index in [1.165, 1.54) is 9.80 Å². The van der Waals surface area contributed by atoms with Gasteiger partial charge in [-0.1, -0.05) is 12.1 Å². The van der Waals surface area contributed by atoms with E-state index in [-0.39, 0.29) is 23.9 Å². The molecule has 1 unspecified atom stereocenters. The molecule has 1 aromatic carbocycles. The number of nitrogens with one attached hydrogen (secondary N) is 2. The number of urea groups is 1. The van der Waals surface area contributed by atoms with E-state index in [4.69, 9.17) is 5.73 Å². The molecule has 9 nitrogen and oxygen atoms in total. The number of nitrogens with two attached hydrogens (primary N) is 1. The van der Waals surface area contributed by atoms with Crippen LogP contribution in [0.25, 0.3) is 0 Å². The number of hydrogen-bond donors (Lipinski definition) is 3. The van der Waals surface area contributed by atoms with Crippen molar-refractivity contribution in [2.24, 2.45) is 5.73 Å². The Morgan fingerprint density at radius 1 is 1.00 bits per heavy atom. The molecule has 34 heavy (non-hydrogen) atoms. The van der Waals surface area contributed by atoms with Crippen LogP contribution >= 0.6 is 0 Å². The Balaban J connectivity index is 1.58. The fourth-order valence-electron chi connectivity index (χ4n) is 4.65. The largest absolute Gasteiger partial charge is 0.350 e. The average molecular weight is 465 g/mol. The van der Waals surface area contributed by atoms with Crippen LogP contribution in [0, 0.1) is 6.92 Å². The maximum Gasteiger partial charge on any atom is 0.323 e. The zero-order valence-corrected chi connectivity index (χ0v) is 19.4. The minimum absolute atomic E-state index is 0.0196. The second kappa shape index (κ2) is 10.6. The van der Waals surface area contributed by atoms with E-state index in [1.807, 2.05) is 25.1 Å². The van der Waals surface area contributed by atoms with Crippen LogP contribution in [0.3, 0.4) is 0 Å². The van der Waals surface area contributed by atoms with Gasteiger partial charge in [0.15, 0.2) is 6.17 Å². The van der Waals surface area contributed by atoms with Crippen molar-refractivity contribution < 1.29 is 14.4 Å². The standard InChI is InChI=1S/C25H32N6O3/c1-17-4-2-5-21(16-17)29-25(34)31-15-3-14-30(24(33)18-10-12-27-13-11-18)23(31)22(32)28-20-8-6-19(26)7-9-20/h2,4-5,10-13,16,19-20,23H,3,6-9,14-15,26H2,1H3,(H,28,32)(H,29,34). The van der Waals surface area contributed by atoms with E-state index in [2.05, 4.69) is 15.6 Å². The van der Waals surface area contributed by atoms with E-state index < -0.39 is 12.2 Å². The van der Waals surface area contributed by atoms with Gasteiger partial charge >= 0.3 is 6.03 Å². The van der Waals surface area contributed by atoms with E-state index in [0.717, 1.165) is 31.2 Å². The highest BCUT2D eigenvalue weighted by Gasteiger charge is 2.41. The quantitative estimate of drug-likeness (QED) is 0.642. The summed E-state index contributed by atoms with van der Waals surface area (Å²) in [4.78, 5) is 47.1. The van der Waals surface area contributed by atoms with E-state index in [0.29, 0.717) is 30.8 Å². The molecule has 0 radical (unpaired) electrons. The number of carbonyl (C=O) groups excluding carboxylic acids is 3. The summed E-state index contributed by atoms with van der Waals surface area (Å²) in [6.07, 6.45) is 5.86. The number of nitrogens with zero attached hydrogens (tertiary/aromatic N) is 3. The lowest BCUT2D eigenvalue weighted by Gasteiger charge is -2.43. The molecule has 1 saturated heterocycles. The number of amides is 4. The summed E-state index contributed by atoms with van der Waals surface area (Å²) in [7, 11) is 0. The van der Waals surface area contributed by atoms with Gasteiger partial charge in [0.05, 0.1) is 0 Å². The highest BCUT2D eigenvalue weighted by atomic mass is 16.2. The predicted octanol–water partition coefficient (Wildman–Crippen LogP) is 2.48. The molecule has 2 fully saturated rings. The topological polar surface area (TPSA) is 121 Å². The zero-order chi connectivity index (χ0) is 24.1. The highest BCUT2D eigenvalue weighted by molar-refractivity contribution is 6.00. The molecule has 2 aliphatic rings. The van der Waals surface area contributed by atoms with Crippen LogP contribution in [0.1, 0.15) is 48.0 Å². The Labute approximate surface area is 199 Å². The molecule has 4 amide bonds. The van der Waals surface area contributed by atoms with Crippen molar-refractivity contribution in [3.05, 3.63) is 59.9 Å². The van der Waals surface area contributed by atoms with Gasteiger partial charge in [-0.3, -0.25) is 19.5 Å². The number of carbonyl (C=O) groups is 3. The van der Waals surface area contributed by atoms with Crippen LogP contribution in [0.4, 0.5) is 10.5 Å². The number of benzene rings is 1. The fourth-order valence-corrected chi connectivity index (χ4v) is 4.65. The first-order valence-electron chi connectivity index (χ1n) is 11.8. The molecule has 0 bridgehead atoms. The lowest BCUT2D eigenvalue weighted by Crippen LogP contribution is -2.65. The highest BCUT2D eigenvalue weighted by Crippen LogP contribution is 2.22. The number of aryl methyl sites for hydroxylation is 1. The van der Waals surface area contributed by atoms with Gasteiger partial charge in [0.2, 0.25) is 0 Å². The molecule has 1 aliphatic carbocycles. The summed E-state index contributed by atoms with van der Waals surface area (Å²) in [5.74, 6) is -0.650. The van der Waals surface area contributed by atoms with Crippen LogP contribution in [0.15, 0.2) is 48.8 Å². The second-order valence-electron chi connectivity index (χ2n) is 9.07. The Kier molecular flexibility index (Phi) is 7.42. The van der Waals surface area contributed by atoms with Gasteiger partial charge in [-0.25, -0.2) is 4.79 Å².